The summed E-state index contributed by atoms with van der Waals surface area (Å²) in [5.41, 5.74) is 0.495. The zero-order valence-electron chi connectivity index (χ0n) is 10.3. The van der Waals surface area contributed by atoms with Gasteiger partial charge in [0.05, 0.1) is 0 Å². The molecule has 0 heterocycles. The number of sulfonamides is 1. The summed E-state index contributed by atoms with van der Waals surface area (Å²) in [5.74, 6) is 0. The topological polar surface area (TPSA) is 87.6 Å². The minimum Gasteiger partial charge on any atom is -0.307 e. The quantitative estimate of drug-likeness (QED) is 0.646. The first-order valence-electron chi connectivity index (χ1n) is 5.27. The van der Waals surface area contributed by atoms with E-state index in [1.165, 1.54) is 6.21 Å². The van der Waals surface area contributed by atoms with Gasteiger partial charge in [-0.25, -0.2) is 17.9 Å². The molecule has 1 aromatic rings. The Morgan fingerprint density at radius 3 is 2.58 bits per heavy atom. The van der Waals surface area contributed by atoms with Crippen molar-refractivity contribution in [3.8, 4) is 0 Å². The molecule has 0 aromatic heterocycles. The number of amides is 2. The largest absolute Gasteiger partial charge is 0.333 e. The molecule has 1 aromatic carbocycles. The van der Waals surface area contributed by atoms with Crippen LogP contribution in [-0.2, 0) is 10.0 Å². The number of carbonyl (C=O) groups excluding carboxylic acids is 1. The van der Waals surface area contributed by atoms with Crippen molar-refractivity contribution in [3.63, 3.8) is 0 Å². The van der Waals surface area contributed by atoms with Gasteiger partial charge in [-0.1, -0.05) is 24.8 Å². The van der Waals surface area contributed by atoms with Crippen molar-refractivity contribution in [1.82, 2.24) is 4.72 Å². The standard InChI is InChI=1S/C11H14N3O3PS/c1-3-12-18-9(2)19(16,17)14-11(15)13-10-7-5-4-6-8-10/h3-8,18H,2H2,1H3,(H2,13,14,15)/b12-3-. The molecule has 1 rings (SSSR count). The van der Waals surface area contributed by atoms with Crippen LogP contribution in [0.1, 0.15) is 6.92 Å². The van der Waals surface area contributed by atoms with Crippen LogP contribution in [0.25, 0.3) is 0 Å². The predicted molar refractivity (Wildman–Crippen MR) is 79.1 cm³/mol. The summed E-state index contributed by atoms with van der Waals surface area (Å²) in [6.45, 7) is 5.06. The average Bonchev–Trinajstić information content (AvgIpc) is 2.36. The van der Waals surface area contributed by atoms with Crippen LogP contribution >= 0.6 is 8.73 Å². The first-order valence-corrected chi connectivity index (χ1v) is 7.70. The van der Waals surface area contributed by atoms with Gasteiger partial charge in [-0.05, 0) is 19.1 Å². The molecule has 1 atom stereocenters. The Labute approximate surface area is 113 Å². The normalized spacial score (nSPS) is 11.8. The summed E-state index contributed by atoms with van der Waals surface area (Å²) in [4.78, 5) is 11.5. The van der Waals surface area contributed by atoms with Gasteiger partial charge in [-0.3, -0.25) is 4.76 Å². The summed E-state index contributed by atoms with van der Waals surface area (Å²) >= 11 is 0. The molecule has 0 aliphatic heterocycles. The number of nitrogens with zero attached hydrogens (tertiary/aromatic N) is 1. The summed E-state index contributed by atoms with van der Waals surface area (Å²) in [6.07, 6.45) is 1.48. The molecule has 0 saturated carbocycles. The minimum absolute atomic E-state index is 0.145. The zero-order chi connectivity index (χ0) is 14.3. The fourth-order valence-electron chi connectivity index (χ4n) is 1.06. The number of benzene rings is 1. The number of para-hydroxylation sites is 1. The molecule has 1 unspecified atom stereocenters. The lowest BCUT2D eigenvalue weighted by Gasteiger charge is -2.08. The van der Waals surface area contributed by atoms with Crippen LogP contribution in [0, 0.1) is 0 Å². The summed E-state index contributed by atoms with van der Waals surface area (Å²) in [5, 5.41) is 2.40. The number of hydrogen-bond acceptors (Lipinski definition) is 4. The summed E-state index contributed by atoms with van der Waals surface area (Å²) in [6, 6.07) is 7.68. The molecule has 0 aliphatic carbocycles. The fraction of sp³-hybridized carbons (Fsp3) is 0.0909. The highest BCUT2D eigenvalue weighted by Gasteiger charge is 2.18. The molecule has 19 heavy (non-hydrogen) atoms. The van der Waals surface area contributed by atoms with E-state index in [0.29, 0.717) is 5.69 Å². The van der Waals surface area contributed by atoms with Gasteiger partial charge >= 0.3 is 6.03 Å². The molecule has 0 radical (unpaired) electrons. The van der Waals surface area contributed by atoms with Gasteiger partial charge in [0.2, 0.25) is 0 Å². The van der Waals surface area contributed by atoms with Crippen LogP contribution in [0.4, 0.5) is 10.5 Å². The third-order valence-electron chi connectivity index (χ3n) is 1.90. The van der Waals surface area contributed by atoms with Crippen molar-refractivity contribution in [2.75, 3.05) is 5.32 Å². The minimum atomic E-state index is -3.91. The van der Waals surface area contributed by atoms with E-state index in [0.717, 1.165) is 0 Å². The van der Waals surface area contributed by atoms with Crippen molar-refractivity contribution in [2.24, 2.45) is 4.76 Å². The van der Waals surface area contributed by atoms with E-state index in [-0.39, 0.29) is 13.4 Å². The Kier molecular flexibility index (Phi) is 5.66. The Morgan fingerprint density at radius 2 is 2.00 bits per heavy atom. The monoisotopic (exact) mass is 299 g/mol. The van der Waals surface area contributed by atoms with Crippen molar-refractivity contribution < 1.29 is 13.2 Å². The lowest BCUT2D eigenvalue weighted by Crippen LogP contribution is -2.34. The van der Waals surface area contributed by atoms with E-state index >= 15 is 0 Å². The second-order valence-electron chi connectivity index (χ2n) is 3.35. The highest BCUT2D eigenvalue weighted by molar-refractivity contribution is 8.00. The zero-order valence-corrected chi connectivity index (χ0v) is 12.1. The second kappa shape index (κ2) is 7.01. The molecule has 8 heteroatoms. The van der Waals surface area contributed by atoms with Gasteiger partial charge in [0.1, 0.15) is 4.65 Å². The maximum absolute atomic E-state index is 11.7. The first kappa shape index (κ1) is 15.3. The van der Waals surface area contributed by atoms with Crippen molar-refractivity contribution in [1.29, 1.82) is 0 Å². The predicted octanol–water partition coefficient (Wildman–Crippen LogP) is 2.29. The molecule has 0 saturated heterocycles. The SMILES string of the molecule is C=C(P/N=C\C)S(=O)(=O)NC(=O)Nc1ccccc1. The number of urea groups is 1. The van der Waals surface area contributed by atoms with Crippen LogP contribution in [0.5, 0.6) is 0 Å². The molecule has 0 fully saturated rings. The Bertz CT molecular complexity index is 584. The highest BCUT2D eigenvalue weighted by atomic mass is 32.2. The first-order chi connectivity index (χ1) is 8.95. The molecule has 0 aliphatic rings. The van der Waals surface area contributed by atoms with Gasteiger partial charge in [0.15, 0.2) is 0 Å². The molecule has 6 nitrogen and oxygen atoms in total. The van der Waals surface area contributed by atoms with E-state index in [1.54, 1.807) is 37.3 Å². The van der Waals surface area contributed by atoms with Crippen LogP contribution in [-0.4, -0.2) is 20.7 Å². The molecule has 0 spiro atoms. The molecule has 2 N–H and O–H groups in total. The van der Waals surface area contributed by atoms with Gasteiger partial charge in [0.25, 0.3) is 10.0 Å². The fourth-order valence-corrected chi connectivity index (χ4v) is 2.54. The van der Waals surface area contributed by atoms with Gasteiger partial charge in [-0.2, -0.15) is 0 Å². The second-order valence-corrected chi connectivity index (χ2v) is 6.50. The number of carbonyl (C=O) groups is 1. The van der Waals surface area contributed by atoms with Gasteiger partial charge in [-0.15, -0.1) is 0 Å². The summed E-state index contributed by atoms with van der Waals surface area (Å²) < 4.78 is 28.9. The molecule has 2 amide bonds. The van der Waals surface area contributed by atoms with E-state index in [2.05, 4.69) is 16.7 Å². The van der Waals surface area contributed by atoms with Gasteiger partial charge < -0.3 is 5.32 Å². The Morgan fingerprint density at radius 1 is 1.37 bits per heavy atom. The molecular weight excluding hydrogens is 285 g/mol. The summed E-state index contributed by atoms with van der Waals surface area (Å²) in [7, 11) is -4.24. The number of anilines is 1. The average molecular weight is 299 g/mol. The third-order valence-corrected chi connectivity index (χ3v) is 4.72. The highest BCUT2D eigenvalue weighted by Crippen LogP contribution is 2.26. The van der Waals surface area contributed by atoms with Crippen LogP contribution in [0.15, 0.2) is 46.3 Å². The van der Waals surface area contributed by atoms with E-state index < -0.39 is 16.1 Å². The molecule has 102 valence electrons. The van der Waals surface area contributed by atoms with Crippen LogP contribution in [0.2, 0.25) is 0 Å². The molecule has 0 bridgehead atoms. The van der Waals surface area contributed by atoms with E-state index in [9.17, 15) is 13.2 Å². The Hall–Kier alpha value is -1.72. The van der Waals surface area contributed by atoms with Crippen molar-refractivity contribution in [2.45, 2.75) is 6.92 Å². The number of nitrogens with one attached hydrogen (secondary N) is 2. The van der Waals surface area contributed by atoms with Crippen molar-refractivity contribution >= 4 is 36.7 Å². The number of hydrogen-bond donors (Lipinski definition) is 2. The Balaban J connectivity index is 2.63. The van der Waals surface area contributed by atoms with Crippen molar-refractivity contribution in [3.05, 3.63) is 41.6 Å². The maximum Gasteiger partial charge on any atom is 0.333 e. The lowest BCUT2D eigenvalue weighted by molar-refractivity contribution is 0.256. The third kappa shape index (κ3) is 5.19. The molecular formula is C11H14N3O3PS. The smallest absolute Gasteiger partial charge is 0.307 e. The van der Waals surface area contributed by atoms with E-state index in [1.807, 2.05) is 4.72 Å². The number of rotatable bonds is 5. The van der Waals surface area contributed by atoms with Crippen LogP contribution < -0.4 is 10.0 Å². The van der Waals surface area contributed by atoms with Crippen LogP contribution in [0.3, 0.4) is 0 Å². The maximum atomic E-state index is 11.7. The van der Waals surface area contributed by atoms with Gasteiger partial charge in [0, 0.05) is 20.6 Å². The lowest BCUT2D eigenvalue weighted by atomic mass is 10.3. The van der Waals surface area contributed by atoms with E-state index in [4.69, 9.17) is 0 Å².